The van der Waals surface area contributed by atoms with Crippen LogP contribution in [0.1, 0.15) is 25.7 Å². The molecule has 0 radical (unpaired) electrons. The van der Waals surface area contributed by atoms with Gasteiger partial charge in [0.1, 0.15) is 0 Å². The number of nitrogens with zero attached hydrogens (tertiary/aromatic N) is 2. The lowest BCUT2D eigenvalue weighted by molar-refractivity contribution is -0.136. The summed E-state index contributed by atoms with van der Waals surface area (Å²) in [5.41, 5.74) is 6.01. The van der Waals surface area contributed by atoms with Crippen molar-refractivity contribution in [3.63, 3.8) is 0 Å². The average Bonchev–Trinajstić information content (AvgIpc) is 2.43. The molecule has 2 aliphatic heterocycles. The molecular weight excluding hydrogens is 258 g/mol. The van der Waals surface area contributed by atoms with Gasteiger partial charge in [-0.2, -0.15) is 11.8 Å². The first-order valence-corrected chi connectivity index (χ1v) is 8.76. The third kappa shape index (κ3) is 3.64. The van der Waals surface area contributed by atoms with E-state index < -0.39 is 0 Å². The largest absolute Gasteiger partial charge is 0.341 e. The van der Waals surface area contributed by atoms with E-state index in [1.54, 1.807) is 11.8 Å². The van der Waals surface area contributed by atoms with Crippen molar-refractivity contribution in [3.8, 4) is 0 Å². The predicted molar refractivity (Wildman–Crippen MR) is 81.3 cm³/mol. The lowest BCUT2D eigenvalue weighted by Crippen LogP contribution is -2.56. The molecule has 0 aromatic heterocycles. The van der Waals surface area contributed by atoms with Gasteiger partial charge in [0.05, 0.1) is 6.04 Å². The Morgan fingerprint density at radius 2 is 2.21 bits per heavy atom. The Labute approximate surface area is 121 Å². The van der Waals surface area contributed by atoms with Crippen molar-refractivity contribution in [2.45, 2.75) is 37.8 Å². The second-order valence-electron chi connectivity index (χ2n) is 5.91. The third-order valence-electron chi connectivity index (χ3n) is 4.61. The van der Waals surface area contributed by atoms with Crippen LogP contribution in [-0.4, -0.2) is 66.5 Å². The van der Waals surface area contributed by atoms with Gasteiger partial charge < -0.3 is 15.5 Å². The Morgan fingerprint density at radius 1 is 1.42 bits per heavy atom. The lowest BCUT2D eigenvalue weighted by Gasteiger charge is -2.46. The number of hydrogen-bond acceptors (Lipinski definition) is 4. The molecule has 2 N–H and O–H groups in total. The highest BCUT2D eigenvalue weighted by molar-refractivity contribution is 7.98. The molecule has 2 unspecified atom stereocenters. The number of nitrogens with two attached hydrogens (primary N) is 1. The Balaban J connectivity index is 1.87. The molecule has 1 amide bonds. The molecule has 0 saturated carbocycles. The Kier molecular flexibility index (Phi) is 5.54. The molecule has 2 heterocycles. The molecule has 0 spiro atoms. The van der Waals surface area contributed by atoms with Gasteiger partial charge in [-0.15, -0.1) is 0 Å². The van der Waals surface area contributed by atoms with Crippen LogP contribution in [0.2, 0.25) is 0 Å². The summed E-state index contributed by atoms with van der Waals surface area (Å²) in [6, 6.07) is 0.380. The molecule has 0 aromatic carbocycles. The van der Waals surface area contributed by atoms with Gasteiger partial charge in [-0.1, -0.05) is 0 Å². The number of hydrogen-bond donors (Lipinski definition) is 1. The highest BCUT2D eigenvalue weighted by Gasteiger charge is 2.36. The Morgan fingerprint density at radius 3 is 2.95 bits per heavy atom. The van der Waals surface area contributed by atoms with Crippen LogP contribution in [0, 0.1) is 5.92 Å². The first-order valence-electron chi connectivity index (χ1n) is 7.37. The van der Waals surface area contributed by atoms with E-state index in [1.807, 2.05) is 4.90 Å². The maximum absolute atomic E-state index is 12.3. The van der Waals surface area contributed by atoms with E-state index in [1.165, 1.54) is 19.4 Å². The number of piperidine rings is 2. The van der Waals surface area contributed by atoms with Crippen molar-refractivity contribution in [1.29, 1.82) is 0 Å². The lowest BCUT2D eigenvalue weighted by atomic mass is 9.84. The van der Waals surface area contributed by atoms with E-state index in [9.17, 15) is 4.79 Å². The highest BCUT2D eigenvalue weighted by Crippen LogP contribution is 2.29. The summed E-state index contributed by atoms with van der Waals surface area (Å²) in [5.74, 6) is 1.79. The maximum atomic E-state index is 12.3. The summed E-state index contributed by atoms with van der Waals surface area (Å²) in [7, 11) is 2.22. The summed E-state index contributed by atoms with van der Waals surface area (Å²) < 4.78 is 0. The standard InChI is InChI=1S/C14H27N3OS/c1-16-7-3-4-11-10-17(8-5-13(11)16)14(18)12(15)6-9-19-2/h11-13H,3-10,15H2,1-2H3/t11?,12-,13?/m1/s1. The van der Waals surface area contributed by atoms with Crippen LogP contribution in [0.3, 0.4) is 0 Å². The fourth-order valence-corrected chi connectivity index (χ4v) is 3.95. The fraction of sp³-hybridized carbons (Fsp3) is 0.929. The zero-order valence-corrected chi connectivity index (χ0v) is 13.0. The summed E-state index contributed by atoms with van der Waals surface area (Å²) in [6.07, 6.45) is 6.49. The minimum absolute atomic E-state index is 0.167. The first kappa shape index (κ1) is 15.1. The van der Waals surface area contributed by atoms with E-state index in [4.69, 9.17) is 5.73 Å². The molecule has 2 saturated heterocycles. The predicted octanol–water partition coefficient (Wildman–Crippen LogP) is 1.01. The molecular formula is C14H27N3OS. The van der Waals surface area contributed by atoms with E-state index in [-0.39, 0.29) is 11.9 Å². The van der Waals surface area contributed by atoms with Crippen LogP contribution in [0.4, 0.5) is 0 Å². The molecule has 0 aliphatic carbocycles. The molecule has 2 aliphatic rings. The van der Waals surface area contributed by atoms with E-state index in [0.717, 1.165) is 31.7 Å². The van der Waals surface area contributed by atoms with Gasteiger partial charge in [0.25, 0.3) is 0 Å². The van der Waals surface area contributed by atoms with Gasteiger partial charge in [-0.05, 0) is 57.2 Å². The van der Waals surface area contributed by atoms with Gasteiger partial charge in [0.15, 0.2) is 0 Å². The van der Waals surface area contributed by atoms with Crippen LogP contribution in [-0.2, 0) is 4.79 Å². The van der Waals surface area contributed by atoms with Crippen molar-refractivity contribution in [3.05, 3.63) is 0 Å². The molecule has 2 rings (SSSR count). The number of fused-ring (bicyclic) bond motifs is 1. The summed E-state index contributed by atoms with van der Waals surface area (Å²) in [5, 5.41) is 0. The molecule has 0 bridgehead atoms. The number of likely N-dealkylation sites (tertiary alicyclic amines) is 2. The molecule has 110 valence electrons. The molecule has 19 heavy (non-hydrogen) atoms. The number of amides is 1. The molecule has 3 atom stereocenters. The number of thioether (sulfide) groups is 1. The maximum Gasteiger partial charge on any atom is 0.239 e. The first-order chi connectivity index (χ1) is 9.13. The minimum Gasteiger partial charge on any atom is -0.341 e. The van der Waals surface area contributed by atoms with E-state index >= 15 is 0 Å². The SMILES string of the molecule is CSCC[C@@H](N)C(=O)N1CCC2C(CCCN2C)C1. The van der Waals surface area contributed by atoms with Gasteiger partial charge in [-0.25, -0.2) is 0 Å². The third-order valence-corrected chi connectivity index (χ3v) is 5.25. The molecule has 5 heteroatoms. The minimum atomic E-state index is -0.301. The molecule has 2 fully saturated rings. The molecule has 0 aromatic rings. The van der Waals surface area contributed by atoms with E-state index in [2.05, 4.69) is 18.2 Å². The van der Waals surface area contributed by atoms with Crippen LogP contribution in [0.15, 0.2) is 0 Å². The topological polar surface area (TPSA) is 49.6 Å². The second-order valence-corrected chi connectivity index (χ2v) is 6.90. The average molecular weight is 285 g/mol. The van der Waals surface area contributed by atoms with Crippen molar-refractivity contribution in [1.82, 2.24) is 9.80 Å². The van der Waals surface area contributed by atoms with Crippen molar-refractivity contribution in [2.24, 2.45) is 11.7 Å². The van der Waals surface area contributed by atoms with Crippen molar-refractivity contribution < 1.29 is 4.79 Å². The highest BCUT2D eigenvalue weighted by atomic mass is 32.2. The van der Waals surface area contributed by atoms with Crippen molar-refractivity contribution >= 4 is 17.7 Å². The number of carbonyl (C=O) groups is 1. The monoisotopic (exact) mass is 285 g/mol. The van der Waals surface area contributed by atoms with E-state index in [0.29, 0.717) is 12.0 Å². The zero-order valence-electron chi connectivity index (χ0n) is 12.2. The van der Waals surface area contributed by atoms with Gasteiger partial charge in [0.2, 0.25) is 5.91 Å². The normalized spacial score (nSPS) is 29.9. The zero-order chi connectivity index (χ0) is 13.8. The van der Waals surface area contributed by atoms with Crippen LogP contribution < -0.4 is 5.73 Å². The van der Waals surface area contributed by atoms with Gasteiger partial charge in [0, 0.05) is 19.1 Å². The fourth-order valence-electron chi connectivity index (χ4n) is 3.46. The van der Waals surface area contributed by atoms with Crippen LogP contribution in [0.5, 0.6) is 0 Å². The smallest absolute Gasteiger partial charge is 0.239 e. The summed E-state index contributed by atoms with van der Waals surface area (Å²) in [6.45, 7) is 3.01. The quantitative estimate of drug-likeness (QED) is 0.837. The summed E-state index contributed by atoms with van der Waals surface area (Å²) in [4.78, 5) is 16.8. The Hall–Kier alpha value is -0.260. The van der Waals surface area contributed by atoms with Gasteiger partial charge in [-0.3, -0.25) is 4.79 Å². The molecule has 4 nitrogen and oxygen atoms in total. The summed E-state index contributed by atoms with van der Waals surface area (Å²) >= 11 is 1.76. The Bertz CT molecular complexity index is 313. The second kappa shape index (κ2) is 6.95. The van der Waals surface area contributed by atoms with Gasteiger partial charge >= 0.3 is 0 Å². The number of rotatable bonds is 4. The van der Waals surface area contributed by atoms with Crippen LogP contribution >= 0.6 is 11.8 Å². The van der Waals surface area contributed by atoms with Crippen molar-refractivity contribution in [2.75, 3.05) is 38.7 Å². The number of carbonyl (C=O) groups excluding carboxylic acids is 1. The van der Waals surface area contributed by atoms with Crippen LogP contribution in [0.25, 0.3) is 0 Å².